The Morgan fingerprint density at radius 2 is 1.81 bits per heavy atom. The van der Waals surface area contributed by atoms with Crippen molar-refractivity contribution in [3.63, 3.8) is 0 Å². The molecule has 1 rings (SSSR count). The molecule has 0 bridgehead atoms. The van der Waals surface area contributed by atoms with Crippen LogP contribution in [0.25, 0.3) is 0 Å². The van der Waals surface area contributed by atoms with Gasteiger partial charge in [-0.25, -0.2) is 9.59 Å². The van der Waals surface area contributed by atoms with Crippen LogP contribution in [0, 0.1) is 6.92 Å². The van der Waals surface area contributed by atoms with E-state index in [0.717, 1.165) is 0 Å². The second kappa shape index (κ2) is 5.65. The second-order valence-corrected chi connectivity index (χ2v) is 3.47. The van der Waals surface area contributed by atoms with Gasteiger partial charge in [-0.1, -0.05) is 6.07 Å². The van der Waals surface area contributed by atoms with Crippen LogP contribution in [0.15, 0.2) is 18.2 Å². The Labute approximate surface area is 102 Å². The zero-order valence-corrected chi connectivity index (χ0v) is 10.5. The van der Waals surface area contributed by atoms with E-state index in [1.54, 1.807) is 25.1 Å². The van der Waals surface area contributed by atoms with E-state index in [9.17, 15) is 9.59 Å². The van der Waals surface area contributed by atoms with Gasteiger partial charge in [-0.3, -0.25) is 0 Å². The lowest BCUT2D eigenvalue weighted by Gasteiger charge is -2.08. The number of benzene rings is 1. The minimum Gasteiger partial charge on any atom is -0.465 e. The van der Waals surface area contributed by atoms with Crippen molar-refractivity contribution in [1.82, 2.24) is 0 Å². The fraction of sp³-hybridized carbons (Fsp3) is 0.273. The third-order valence-corrected chi connectivity index (χ3v) is 2.37. The van der Waals surface area contributed by atoms with Gasteiger partial charge in [0.05, 0.1) is 18.2 Å². The minimum atomic E-state index is -0.472. The van der Waals surface area contributed by atoms with Crippen LogP contribution in [0.4, 0.5) is 0 Å². The number of ether oxygens (including phenoxy) is 2. The lowest BCUT2D eigenvalue weighted by atomic mass is 10.0. The lowest BCUT2D eigenvalue weighted by Crippen LogP contribution is -2.10. The minimum absolute atomic E-state index is 0.119. The molecule has 0 spiro atoms. The van der Waals surface area contributed by atoms with Crippen LogP contribution >= 0.6 is 15.9 Å². The van der Waals surface area contributed by atoms with Crippen molar-refractivity contribution in [2.24, 2.45) is 0 Å². The van der Waals surface area contributed by atoms with Gasteiger partial charge >= 0.3 is 11.9 Å². The number of halogens is 1. The van der Waals surface area contributed by atoms with Crippen molar-refractivity contribution < 1.29 is 19.1 Å². The quantitative estimate of drug-likeness (QED) is 0.632. The Morgan fingerprint density at radius 1 is 1.25 bits per heavy atom. The van der Waals surface area contributed by atoms with E-state index in [-0.39, 0.29) is 5.52 Å². The molecule has 1 aromatic rings. The molecular formula is C11H11BrO4. The summed E-state index contributed by atoms with van der Waals surface area (Å²) >= 11 is 3.00. The molecule has 0 aliphatic heterocycles. The smallest absolute Gasteiger partial charge is 0.339 e. The Bertz CT molecular complexity index is 414. The summed E-state index contributed by atoms with van der Waals surface area (Å²) in [6.07, 6.45) is 0. The van der Waals surface area contributed by atoms with Crippen molar-refractivity contribution in [3.8, 4) is 0 Å². The van der Waals surface area contributed by atoms with Crippen molar-refractivity contribution in [3.05, 3.63) is 34.9 Å². The Morgan fingerprint density at radius 3 is 2.31 bits per heavy atom. The SMILES string of the molecule is COC(=O)c1cccc(C(=O)OCBr)c1C. The average molecular weight is 287 g/mol. The van der Waals surface area contributed by atoms with Gasteiger partial charge in [0.1, 0.15) is 5.52 Å². The first-order valence-corrected chi connectivity index (χ1v) is 5.65. The molecule has 5 heteroatoms. The predicted octanol–water partition coefficient (Wildman–Crippen LogP) is 2.29. The molecule has 86 valence electrons. The zero-order chi connectivity index (χ0) is 12.1. The highest BCUT2D eigenvalue weighted by Gasteiger charge is 2.16. The van der Waals surface area contributed by atoms with Gasteiger partial charge in [-0.2, -0.15) is 0 Å². The van der Waals surface area contributed by atoms with E-state index in [1.165, 1.54) is 7.11 Å². The molecule has 16 heavy (non-hydrogen) atoms. The van der Waals surface area contributed by atoms with Gasteiger partial charge in [-0.05, 0) is 40.5 Å². The zero-order valence-electron chi connectivity index (χ0n) is 8.95. The molecule has 0 atom stereocenters. The highest BCUT2D eigenvalue weighted by atomic mass is 79.9. The maximum Gasteiger partial charge on any atom is 0.339 e. The maximum atomic E-state index is 11.5. The average Bonchev–Trinajstić information content (AvgIpc) is 2.28. The molecule has 0 saturated heterocycles. The van der Waals surface area contributed by atoms with Crippen LogP contribution in [-0.4, -0.2) is 24.6 Å². The van der Waals surface area contributed by atoms with E-state index >= 15 is 0 Å². The second-order valence-electron chi connectivity index (χ2n) is 3.01. The summed E-state index contributed by atoms with van der Waals surface area (Å²) in [6, 6.07) is 4.82. The van der Waals surface area contributed by atoms with Crippen molar-refractivity contribution in [2.75, 3.05) is 12.6 Å². The van der Waals surface area contributed by atoms with Crippen molar-refractivity contribution in [1.29, 1.82) is 0 Å². The fourth-order valence-corrected chi connectivity index (χ4v) is 1.52. The monoisotopic (exact) mass is 286 g/mol. The van der Waals surface area contributed by atoms with Crippen molar-refractivity contribution >= 4 is 27.9 Å². The van der Waals surface area contributed by atoms with E-state index < -0.39 is 11.9 Å². The molecule has 0 aromatic heterocycles. The molecule has 0 fully saturated rings. The molecule has 0 saturated carbocycles. The number of rotatable bonds is 3. The standard InChI is InChI=1S/C11H11BrO4/c1-7-8(10(13)15-2)4-3-5-9(7)11(14)16-6-12/h3-5H,6H2,1-2H3. The summed E-state index contributed by atoms with van der Waals surface area (Å²) in [5.74, 6) is -0.939. The number of hydrogen-bond donors (Lipinski definition) is 0. The number of alkyl halides is 1. The van der Waals surface area contributed by atoms with E-state index in [1.807, 2.05) is 0 Å². The van der Waals surface area contributed by atoms with Crippen LogP contribution in [0.5, 0.6) is 0 Å². The molecule has 4 nitrogen and oxygen atoms in total. The van der Waals surface area contributed by atoms with Gasteiger partial charge in [0, 0.05) is 0 Å². The predicted molar refractivity (Wildman–Crippen MR) is 61.7 cm³/mol. The van der Waals surface area contributed by atoms with Crippen molar-refractivity contribution in [2.45, 2.75) is 6.92 Å². The lowest BCUT2D eigenvalue weighted by molar-refractivity contribution is 0.0583. The van der Waals surface area contributed by atoms with E-state index in [2.05, 4.69) is 20.7 Å². The number of methoxy groups -OCH3 is 1. The molecular weight excluding hydrogens is 276 g/mol. The largest absolute Gasteiger partial charge is 0.465 e. The van der Waals surface area contributed by atoms with Crippen LogP contribution < -0.4 is 0 Å². The van der Waals surface area contributed by atoms with Crippen LogP contribution in [-0.2, 0) is 9.47 Å². The van der Waals surface area contributed by atoms with Gasteiger partial charge < -0.3 is 9.47 Å². The molecule has 0 unspecified atom stereocenters. The molecule has 0 aliphatic carbocycles. The normalized spacial score (nSPS) is 9.69. The van der Waals surface area contributed by atoms with Crippen LogP contribution in [0.2, 0.25) is 0 Å². The molecule has 0 heterocycles. The third kappa shape index (κ3) is 2.61. The summed E-state index contributed by atoms with van der Waals surface area (Å²) < 4.78 is 9.41. The summed E-state index contributed by atoms with van der Waals surface area (Å²) in [4.78, 5) is 22.9. The maximum absolute atomic E-state index is 11.5. The number of hydrogen-bond acceptors (Lipinski definition) is 4. The van der Waals surface area contributed by atoms with Gasteiger partial charge in [0.15, 0.2) is 0 Å². The highest BCUT2D eigenvalue weighted by molar-refractivity contribution is 9.09. The Kier molecular flexibility index (Phi) is 4.49. The fourth-order valence-electron chi connectivity index (χ4n) is 1.32. The first kappa shape index (κ1) is 12.7. The van der Waals surface area contributed by atoms with E-state index in [4.69, 9.17) is 4.74 Å². The molecule has 0 radical (unpaired) electrons. The van der Waals surface area contributed by atoms with Crippen LogP contribution in [0.1, 0.15) is 26.3 Å². The van der Waals surface area contributed by atoms with Gasteiger partial charge in [0.2, 0.25) is 0 Å². The molecule has 0 N–H and O–H groups in total. The van der Waals surface area contributed by atoms with Crippen LogP contribution in [0.3, 0.4) is 0 Å². The van der Waals surface area contributed by atoms with Gasteiger partial charge in [0.25, 0.3) is 0 Å². The summed E-state index contributed by atoms with van der Waals surface area (Å²) in [5.41, 5.74) is 1.41. The van der Waals surface area contributed by atoms with E-state index in [0.29, 0.717) is 16.7 Å². The first-order valence-electron chi connectivity index (χ1n) is 4.52. The first-order chi connectivity index (χ1) is 7.61. The number of carbonyl (C=O) groups excluding carboxylic acids is 2. The molecule has 0 aliphatic rings. The third-order valence-electron chi connectivity index (χ3n) is 2.14. The highest BCUT2D eigenvalue weighted by Crippen LogP contribution is 2.16. The summed E-state index contributed by atoms with van der Waals surface area (Å²) in [6.45, 7) is 1.68. The summed E-state index contributed by atoms with van der Waals surface area (Å²) in [7, 11) is 1.30. The Hall–Kier alpha value is -1.36. The van der Waals surface area contributed by atoms with Gasteiger partial charge in [-0.15, -0.1) is 0 Å². The Balaban J connectivity index is 3.13. The number of esters is 2. The number of carbonyl (C=O) groups is 2. The molecule has 0 amide bonds. The molecule has 1 aromatic carbocycles. The summed E-state index contributed by atoms with van der Waals surface area (Å²) in [5, 5.41) is 0. The topological polar surface area (TPSA) is 52.6 Å².